The van der Waals surface area contributed by atoms with Crippen molar-refractivity contribution in [3.05, 3.63) is 209 Å². The summed E-state index contributed by atoms with van der Waals surface area (Å²) in [5.41, 5.74) is 22.1. The Hall–Kier alpha value is -6.44. The van der Waals surface area contributed by atoms with Gasteiger partial charge in [0.05, 0.1) is 16.4 Å². The van der Waals surface area contributed by atoms with Gasteiger partial charge in [-0.3, -0.25) is 0 Å². The molecule has 1 heteroatoms. The zero-order valence-corrected chi connectivity index (χ0v) is 29.7. The first-order valence-electron chi connectivity index (χ1n) is 18.8. The molecule has 0 N–H and O–H groups in total. The Morgan fingerprint density at radius 1 is 0.377 bits per heavy atom. The van der Waals surface area contributed by atoms with Crippen molar-refractivity contribution in [1.29, 1.82) is 0 Å². The molecule has 0 radical (unpaired) electrons. The number of hydrogen-bond donors (Lipinski definition) is 0. The van der Waals surface area contributed by atoms with Crippen molar-refractivity contribution in [2.45, 2.75) is 24.7 Å². The normalized spacial score (nSPS) is 14.9. The second-order valence-corrected chi connectivity index (χ2v) is 15.6. The maximum Gasteiger partial charge on any atom is 0.0726 e. The Morgan fingerprint density at radius 2 is 0.906 bits per heavy atom. The predicted molar refractivity (Wildman–Crippen MR) is 220 cm³/mol. The molecule has 1 spiro atoms. The van der Waals surface area contributed by atoms with E-state index in [2.05, 4.69) is 194 Å². The van der Waals surface area contributed by atoms with Gasteiger partial charge in [-0.2, -0.15) is 0 Å². The molecule has 0 unspecified atom stereocenters. The second kappa shape index (κ2) is 10.1. The zero-order valence-electron chi connectivity index (χ0n) is 29.7. The average Bonchev–Trinajstić information content (AvgIpc) is 3.88. The maximum atomic E-state index is 2.53. The first-order chi connectivity index (χ1) is 26.1. The van der Waals surface area contributed by atoms with Crippen molar-refractivity contribution < 1.29 is 0 Å². The average molecular weight is 674 g/mol. The van der Waals surface area contributed by atoms with Gasteiger partial charge in [-0.05, 0) is 103 Å². The summed E-state index contributed by atoms with van der Waals surface area (Å²) in [4.78, 5) is 0. The van der Waals surface area contributed by atoms with Crippen LogP contribution in [0.3, 0.4) is 0 Å². The highest BCUT2D eigenvalue weighted by atomic mass is 15.0. The number of nitrogens with zero attached hydrogens (tertiary/aromatic N) is 1. The van der Waals surface area contributed by atoms with Crippen molar-refractivity contribution in [3.63, 3.8) is 0 Å². The molecule has 53 heavy (non-hydrogen) atoms. The highest BCUT2D eigenvalue weighted by molar-refractivity contribution is 6.17. The predicted octanol–water partition coefficient (Wildman–Crippen LogP) is 13.1. The summed E-state index contributed by atoms with van der Waals surface area (Å²) in [7, 11) is 0. The van der Waals surface area contributed by atoms with Crippen molar-refractivity contribution in [3.8, 4) is 50.2 Å². The molecule has 1 aromatic heterocycles. The molecule has 248 valence electrons. The van der Waals surface area contributed by atoms with Gasteiger partial charge < -0.3 is 4.57 Å². The van der Waals surface area contributed by atoms with E-state index < -0.39 is 0 Å². The summed E-state index contributed by atoms with van der Waals surface area (Å²) in [5, 5.41) is 2.56. The van der Waals surface area contributed by atoms with E-state index in [0.29, 0.717) is 0 Å². The van der Waals surface area contributed by atoms with E-state index in [4.69, 9.17) is 0 Å². The van der Waals surface area contributed by atoms with E-state index in [1.54, 1.807) is 0 Å². The van der Waals surface area contributed by atoms with Gasteiger partial charge in [0.25, 0.3) is 0 Å². The summed E-state index contributed by atoms with van der Waals surface area (Å²) >= 11 is 0. The van der Waals surface area contributed by atoms with Gasteiger partial charge in [0, 0.05) is 27.4 Å². The molecule has 0 saturated carbocycles. The topological polar surface area (TPSA) is 4.93 Å². The van der Waals surface area contributed by atoms with Crippen molar-refractivity contribution in [1.82, 2.24) is 4.57 Å². The van der Waals surface area contributed by atoms with E-state index in [-0.39, 0.29) is 10.8 Å². The zero-order chi connectivity index (χ0) is 35.1. The molecule has 0 bridgehead atoms. The third-order valence-corrected chi connectivity index (χ3v) is 12.8. The lowest BCUT2D eigenvalue weighted by Crippen LogP contribution is -2.25. The summed E-state index contributed by atoms with van der Waals surface area (Å²) < 4.78 is 2.53. The lowest BCUT2D eigenvalue weighted by molar-refractivity contribution is 0.660. The molecule has 0 atom stereocenters. The highest BCUT2D eigenvalue weighted by Crippen LogP contribution is 2.64. The second-order valence-electron chi connectivity index (χ2n) is 15.6. The fourth-order valence-electron chi connectivity index (χ4n) is 10.6. The molecule has 0 saturated heterocycles. The molecule has 0 amide bonds. The number of hydrogen-bond acceptors (Lipinski definition) is 0. The maximum absolute atomic E-state index is 2.53. The van der Waals surface area contributed by atoms with Crippen molar-refractivity contribution in [2.75, 3.05) is 0 Å². The van der Waals surface area contributed by atoms with Crippen LogP contribution in [0.2, 0.25) is 0 Å². The molecule has 9 aromatic rings. The third kappa shape index (κ3) is 3.53. The van der Waals surface area contributed by atoms with Crippen LogP contribution in [-0.2, 0) is 10.8 Å². The van der Waals surface area contributed by atoms with Gasteiger partial charge in [-0.15, -0.1) is 0 Å². The molecule has 8 aromatic carbocycles. The lowest BCUT2D eigenvalue weighted by Gasteiger charge is -2.30. The summed E-state index contributed by atoms with van der Waals surface area (Å²) in [5.74, 6) is 0. The van der Waals surface area contributed by atoms with E-state index in [1.807, 2.05) is 0 Å². The molecule has 0 fully saturated rings. The molecule has 1 heterocycles. The van der Waals surface area contributed by atoms with Crippen LogP contribution in [0, 0.1) is 0 Å². The van der Waals surface area contributed by atoms with Crippen LogP contribution >= 0.6 is 0 Å². The number of aromatic nitrogens is 1. The molecule has 1 nitrogen and oxygen atoms in total. The minimum atomic E-state index is -0.384. The van der Waals surface area contributed by atoms with E-state index in [0.717, 1.165) is 0 Å². The van der Waals surface area contributed by atoms with E-state index in [1.165, 1.54) is 105 Å². The summed E-state index contributed by atoms with van der Waals surface area (Å²) in [6.45, 7) is 4.73. The Morgan fingerprint density at radius 3 is 1.60 bits per heavy atom. The molecule has 3 aliphatic rings. The quantitative estimate of drug-likeness (QED) is 0.172. The Bertz CT molecular complexity index is 2980. The number of para-hydroxylation sites is 1. The molecular weight excluding hydrogens is 639 g/mol. The van der Waals surface area contributed by atoms with Crippen LogP contribution in [0.25, 0.3) is 72.0 Å². The number of rotatable bonds is 2. The monoisotopic (exact) mass is 673 g/mol. The molecule has 3 aliphatic carbocycles. The van der Waals surface area contributed by atoms with Crippen LogP contribution in [0.1, 0.15) is 47.2 Å². The summed E-state index contributed by atoms with van der Waals surface area (Å²) in [6.07, 6.45) is 0. The SMILES string of the molecule is CC1(C)c2ccccc2-c2ccc(-c3ccc4c(c3)c3ccc5c(c3n4-c3ccccc3)-c3ccccc3C53c4ccccc4-c4ccccc43)cc21. The van der Waals surface area contributed by atoms with Gasteiger partial charge in [-0.25, -0.2) is 0 Å². The van der Waals surface area contributed by atoms with E-state index >= 15 is 0 Å². The minimum absolute atomic E-state index is 0.0449. The largest absolute Gasteiger partial charge is 0.309 e. The highest BCUT2D eigenvalue weighted by Gasteiger charge is 2.52. The fourth-order valence-corrected chi connectivity index (χ4v) is 10.6. The van der Waals surface area contributed by atoms with Gasteiger partial charge in [-0.1, -0.05) is 159 Å². The van der Waals surface area contributed by atoms with Crippen LogP contribution in [0.4, 0.5) is 0 Å². The standard InChI is InChI=1S/C52H35N/c1-51(2)42-20-10-6-16-35(42)38-26-24-33(31-47(38)51)32-25-29-48-41(30-32)39-27-28-46-49(50(39)53(48)34-14-4-3-5-15-34)40-19-9-13-23-45(40)52(46)43-21-11-7-17-36(43)37-18-8-12-22-44(37)52/h3-31H,1-2H3. The fraction of sp³-hybridized carbons (Fsp3) is 0.0769. The smallest absolute Gasteiger partial charge is 0.0726 e. The Balaban J connectivity index is 1.16. The number of benzene rings is 8. The van der Waals surface area contributed by atoms with E-state index in [9.17, 15) is 0 Å². The van der Waals surface area contributed by atoms with Crippen molar-refractivity contribution >= 4 is 21.8 Å². The van der Waals surface area contributed by atoms with Gasteiger partial charge in [0.1, 0.15) is 0 Å². The molecular formula is C52H35N. The summed E-state index contributed by atoms with van der Waals surface area (Å²) in [6, 6.07) is 66.3. The third-order valence-electron chi connectivity index (χ3n) is 12.8. The number of fused-ring (bicyclic) bond motifs is 17. The lowest BCUT2D eigenvalue weighted by atomic mass is 9.70. The Labute approximate surface area is 309 Å². The first kappa shape index (κ1) is 29.2. The van der Waals surface area contributed by atoms with Gasteiger partial charge in [0.15, 0.2) is 0 Å². The van der Waals surface area contributed by atoms with Crippen LogP contribution in [0.15, 0.2) is 176 Å². The first-order valence-corrected chi connectivity index (χ1v) is 18.8. The van der Waals surface area contributed by atoms with Gasteiger partial charge in [0.2, 0.25) is 0 Å². The molecule has 12 rings (SSSR count). The van der Waals surface area contributed by atoms with Crippen LogP contribution in [0.5, 0.6) is 0 Å². The van der Waals surface area contributed by atoms with Gasteiger partial charge >= 0.3 is 0 Å². The van der Waals surface area contributed by atoms with Crippen LogP contribution < -0.4 is 0 Å². The van der Waals surface area contributed by atoms with Crippen molar-refractivity contribution in [2.24, 2.45) is 0 Å². The molecule has 0 aliphatic heterocycles. The van der Waals surface area contributed by atoms with Crippen LogP contribution in [-0.4, -0.2) is 4.57 Å². The minimum Gasteiger partial charge on any atom is -0.309 e. The Kier molecular flexibility index (Phi) is 5.57.